The van der Waals surface area contributed by atoms with Crippen molar-refractivity contribution in [2.75, 3.05) is 0 Å². The third-order valence-electron chi connectivity index (χ3n) is 3.30. The van der Waals surface area contributed by atoms with Gasteiger partial charge in [0.1, 0.15) is 5.82 Å². The van der Waals surface area contributed by atoms with Crippen LogP contribution in [-0.2, 0) is 0 Å². The molecule has 1 aromatic heterocycles. The van der Waals surface area contributed by atoms with Crippen LogP contribution in [0.2, 0.25) is 10.0 Å². The molecule has 3 rings (SSSR count). The number of fused-ring (bicyclic) bond motifs is 1. The molecule has 1 nitrogen and oxygen atoms in total. The number of rotatable bonds is 1. The van der Waals surface area contributed by atoms with Gasteiger partial charge >= 0.3 is 0 Å². The van der Waals surface area contributed by atoms with E-state index in [4.69, 9.17) is 23.2 Å². The van der Waals surface area contributed by atoms with E-state index in [-0.39, 0.29) is 5.02 Å². The first-order valence-electron chi connectivity index (χ1n) is 5.90. The van der Waals surface area contributed by atoms with Crippen molar-refractivity contribution in [2.45, 2.75) is 6.92 Å². The zero-order valence-corrected chi connectivity index (χ0v) is 13.5. The highest BCUT2D eigenvalue weighted by molar-refractivity contribution is 9.10. The third-order valence-corrected chi connectivity index (χ3v) is 4.40. The number of H-pyrrole nitrogens is 1. The van der Waals surface area contributed by atoms with Crippen molar-refractivity contribution in [2.24, 2.45) is 0 Å². The van der Waals surface area contributed by atoms with E-state index < -0.39 is 5.82 Å². The second-order valence-electron chi connectivity index (χ2n) is 4.56. The highest BCUT2D eigenvalue weighted by Gasteiger charge is 2.14. The highest BCUT2D eigenvalue weighted by Crippen LogP contribution is 2.36. The zero-order chi connectivity index (χ0) is 14.4. The Kier molecular flexibility index (Phi) is 3.53. The van der Waals surface area contributed by atoms with Gasteiger partial charge in [0.2, 0.25) is 0 Å². The topological polar surface area (TPSA) is 15.8 Å². The Labute approximate surface area is 133 Å². The normalized spacial score (nSPS) is 11.2. The van der Waals surface area contributed by atoms with Crippen LogP contribution in [0.3, 0.4) is 0 Å². The van der Waals surface area contributed by atoms with Gasteiger partial charge in [0, 0.05) is 20.9 Å². The van der Waals surface area contributed by atoms with Gasteiger partial charge in [0.15, 0.2) is 0 Å². The molecule has 0 saturated heterocycles. The van der Waals surface area contributed by atoms with Crippen molar-refractivity contribution < 1.29 is 4.39 Å². The maximum atomic E-state index is 13.5. The van der Waals surface area contributed by atoms with E-state index in [1.165, 1.54) is 6.07 Å². The van der Waals surface area contributed by atoms with Crippen molar-refractivity contribution in [1.82, 2.24) is 4.98 Å². The Balaban J connectivity index is 2.29. The standard InChI is InChI=1S/C15H9BrCl2FN/c1-7-10-5-12(18)13(19)6-14(10)20-15(7)9-3-2-8(16)4-11(9)17/h2-6,20H,1H3. The smallest absolute Gasteiger partial charge is 0.143 e. The van der Waals surface area contributed by atoms with Gasteiger partial charge in [-0.3, -0.25) is 0 Å². The molecule has 102 valence electrons. The molecule has 0 unspecified atom stereocenters. The maximum Gasteiger partial charge on any atom is 0.143 e. The van der Waals surface area contributed by atoms with Gasteiger partial charge < -0.3 is 4.98 Å². The van der Waals surface area contributed by atoms with E-state index in [9.17, 15) is 4.39 Å². The minimum absolute atomic E-state index is 0.119. The van der Waals surface area contributed by atoms with Gasteiger partial charge in [0.05, 0.1) is 15.7 Å². The quantitative estimate of drug-likeness (QED) is 0.512. The number of hydrogen-bond donors (Lipinski definition) is 1. The molecule has 0 saturated carbocycles. The average Bonchev–Trinajstić information content (AvgIpc) is 2.68. The largest absolute Gasteiger partial charge is 0.354 e. The molecule has 20 heavy (non-hydrogen) atoms. The van der Waals surface area contributed by atoms with Gasteiger partial charge in [-0.05, 0) is 36.8 Å². The van der Waals surface area contributed by atoms with E-state index in [0.29, 0.717) is 10.5 Å². The minimum atomic E-state index is -0.436. The molecule has 0 bridgehead atoms. The molecule has 0 aliphatic heterocycles. The summed E-state index contributed by atoms with van der Waals surface area (Å²) in [6.45, 7) is 1.96. The number of nitrogens with one attached hydrogen (secondary N) is 1. The molecule has 1 N–H and O–H groups in total. The summed E-state index contributed by atoms with van der Waals surface area (Å²) in [5, 5.41) is 1.64. The van der Waals surface area contributed by atoms with Crippen molar-refractivity contribution >= 4 is 50.0 Å². The molecule has 0 atom stereocenters. The summed E-state index contributed by atoms with van der Waals surface area (Å²) in [5.41, 5.74) is 3.45. The van der Waals surface area contributed by atoms with Crippen molar-refractivity contribution in [3.63, 3.8) is 0 Å². The fraction of sp³-hybridized carbons (Fsp3) is 0.0667. The molecule has 0 fully saturated rings. The fourth-order valence-corrected chi connectivity index (χ4v) is 3.22. The van der Waals surface area contributed by atoms with Crippen LogP contribution in [0.15, 0.2) is 34.8 Å². The van der Waals surface area contributed by atoms with Crippen molar-refractivity contribution in [3.8, 4) is 11.3 Å². The minimum Gasteiger partial charge on any atom is -0.354 e. The molecule has 1 heterocycles. The summed E-state index contributed by atoms with van der Waals surface area (Å²) < 4.78 is 14.5. The van der Waals surface area contributed by atoms with Crippen LogP contribution in [0, 0.1) is 12.7 Å². The van der Waals surface area contributed by atoms with Crippen molar-refractivity contribution in [1.29, 1.82) is 0 Å². The van der Waals surface area contributed by atoms with Crippen LogP contribution in [0.4, 0.5) is 4.39 Å². The summed E-state index contributed by atoms with van der Waals surface area (Å²) in [6.07, 6.45) is 0. The Bertz CT molecular complexity index is 826. The first-order chi connectivity index (χ1) is 9.47. The molecule has 0 amide bonds. The maximum absolute atomic E-state index is 13.5. The Hall–Kier alpha value is -1.03. The zero-order valence-electron chi connectivity index (χ0n) is 10.4. The first-order valence-corrected chi connectivity index (χ1v) is 7.45. The van der Waals surface area contributed by atoms with Crippen LogP contribution in [0.5, 0.6) is 0 Å². The highest BCUT2D eigenvalue weighted by atomic mass is 79.9. The number of halogens is 4. The molecular weight excluding hydrogens is 364 g/mol. The molecule has 5 heteroatoms. The van der Waals surface area contributed by atoms with Gasteiger partial charge in [-0.2, -0.15) is 0 Å². The van der Waals surface area contributed by atoms with Crippen LogP contribution < -0.4 is 0 Å². The summed E-state index contributed by atoms with van der Waals surface area (Å²) in [4.78, 5) is 3.21. The van der Waals surface area contributed by atoms with Gasteiger partial charge in [-0.25, -0.2) is 4.39 Å². The second kappa shape index (κ2) is 5.06. The lowest BCUT2D eigenvalue weighted by atomic mass is 10.1. The molecule has 0 aliphatic rings. The van der Waals surface area contributed by atoms with Gasteiger partial charge in [-0.15, -0.1) is 0 Å². The van der Waals surface area contributed by atoms with E-state index in [1.54, 1.807) is 6.07 Å². The SMILES string of the molecule is Cc1c(-c2ccc(Br)cc2Cl)[nH]c2cc(F)c(Cl)cc12. The second-order valence-corrected chi connectivity index (χ2v) is 6.29. The third kappa shape index (κ3) is 2.24. The predicted octanol–water partition coefficient (Wildman–Crippen LogP) is 6.35. The van der Waals surface area contributed by atoms with E-state index >= 15 is 0 Å². The van der Waals surface area contributed by atoms with Crippen LogP contribution in [-0.4, -0.2) is 4.98 Å². The fourth-order valence-electron chi connectivity index (χ4n) is 2.29. The molecular formula is C15H9BrCl2FN. The predicted molar refractivity (Wildman–Crippen MR) is 86.1 cm³/mol. The lowest BCUT2D eigenvalue weighted by molar-refractivity contribution is 0.630. The lowest BCUT2D eigenvalue weighted by Gasteiger charge is -2.04. The number of aryl methyl sites for hydroxylation is 1. The van der Waals surface area contributed by atoms with E-state index in [0.717, 1.165) is 26.7 Å². The Morgan fingerprint density at radius 3 is 2.55 bits per heavy atom. The van der Waals surface area contributed by atoms with Crippen molar-refractivity contribution in [3.05, 3.63) is 56.2 Å². The Morgan fingerprint density at radius 2 is 1.85 bits per heavy atom. The van der Waals surface area contributed by atoms with E-state index in [1.807, 2.05) is 25.1 Å². The number of benzene rings is 2. The Morgan fingerprint density at radius 1 is 1.10 bits per heavy atom. The van der Waals surface area contributed by atoms with Gasteiger partial charge in [-0.1, -0.05) is 45.2 Å². The molecule has 0 radical (unpaired) electrons. The summed E-state index contributed by atoms with van der Waals surface area (Å²) in [6, 6.07) is 8.70. The first kappa shape index (κ1) is 13.9. The molecule has 2 aromatic carbocycles. The summed E-state index contributed by atoms with van der Waals surface area (Å²) in [5.74, 6) is -0.436. The number of aromatic nitrogens is 1. The number of aromatic amines is 1. The molecule has 0 spiro atoms. The number of hydrogen-bond acceptors (Lipinski definition) is 0. The van der Waals surface area contributed by atoms with Gasteiger partial charge in [0.25, 0.3) is 0 Å². The lowest BCUT2D eigenvalue weighted by Crippen LogP contribution is -1.82. The van der Waals surface area contributed by atoms with Crippen LogP contribution in [0.25, 0.3) is 22.2 Å². The molecule has 3 aromatic rings. The average molecular weight is 373 g/mol. The summed E-state index contributed by atoms with van der Waals surface area (Å²) in [7, 11) is 0. The summed E-state index contributed by atoms with van der Waals surface area (Å²) >= 11 is 15.5. The van der Waals surface area contributed by atoms with Crippen LogP contribution in [0.1, 0.15) is 5.56 Å². The van der Waals surface area contributed by atoms with Crippen LogP contribution >= 0.6 is 39.1 Å². The molecule has 0 aliphatic carbocycles. The van der Waals surface area contributed by atoms with E-state index in [2.05, 4.69) is 20.9 Å². The monoisotopic (exact) mass is 371 g/mol.